The zero-order valence-electron chi connectivity index (χ0n) is 16.7. The summed E-state index contributed by atoms with van der Waals surface area (Å²) in [5, 5.41) is 0. The second-order valence-electron chi connectivity index (χ2n) is 8.22. The molecule has 2 aliphatic rings. The van der Waals surface area contributed by atoms with Crippen molar-refractivity contribution >= 4 is 6.09 Å². The Morgan fingerprint density at radius 1 is 1.14 bits per heavy atom. The molecule has 0 aromatic heterocycles. The summed E-state index contributed by atoms with van der Waals surface area (Å²) in [7, 11) is 0. The fraction of sp³-hybridized carbons (Fsp3) is 0.682. The highest BCUT2D eigenvalue weighted by Crippen LogP contribution is 2.35. The summed E-state index contributed by atoms with van der Waals surface area (Å²) in [6.45, 7) is 3.60. The van der Waals surface area contributed by atoms with Crippen molar-refractivity contribution in [3.05, 3.63) is 35.9 Å². The van der Waals surface area contributed by atoms with Crippen LogP contribution in [0.2, 0.25) is 0 Å². The van der Waals surface area contributed by atoms with Gasteiger partial charge in [0.25, 0.3) is 6.43 Å². The summed E-state index contributed by atoms with van der Waals surface area (Å²) in [6.07, 6.45) is 1.95. The molecule has 1 saturated carbocycles. The number of halogens is 2. The summed E-state index contributed by atoms with van der Waals surface area (Å²) in [5.74, 6) is 0.849. The van der Waals surface area contributed by atoms with Gasteiger partial charge >= 0.3 is 6.09 Å². The maximum absolute atomic E-state index is 12.4. The first-order valence-corrected chi connectivity index (χ1v) is 10.4. The molecule has 1 unspecified atom stereocenters. The van der Waals surface area contributed by atoms with Crippen LogP contribution in [-0.4, -0.2) is 48.8 Å². The molecule has 3 rings (SSSR count). The number of alkyl halides is 2. The van der Waals surface area contributed by atoms with Crippen molar-refractivity contribution in [1.29, 1.82) is 0 Å². The standard InChI is InChI=1S/C22H31F2NO3/c1-15-12-16(2)25(22(26)28-14-21(23)24)20(15)13-27-19-10-8-18(9-11-19)17-6-4-3-5-7-17/h3-7,15-16,18-21H,8-14H2,1-2H3/t15?,16-,18?,19?,20+/m1/s1. The molecule has 1 heterocycles. The summed E-state index contributed by atoms with van der Waals surface area (Å²) in [6, 6.07) is 10.5. The molecule has 28 heavy (non-hydrogen) atoms. The van der Waals surface area contributed by atoms with Crippen molar-refractivity contribution in [2.24, 2.45) is 5.92 Å². The molecule has 2 fully saturated rings. The molecule has 156 valence electrons. The van der Waals surface area contributed by atoms with Gasteiger partial charge in [-0.25, -0.2) is 13.6 Å². The number of nitrogens with zero attached hydrogens (tertiary/aromatic N) is 1. The first-order chi connectivity index (χ1) is 13.5. The minimum absolute atomic E-state index is 0.0254. The van der Waals surface area contributed by atoms with E-state index in [1.807, 2.05) is 13.0 Å². The highest BCUT2D eigenvalue weighted by molar-refractivity contribution is 5.69. The predicted octanol–water partition coefficient (Wildman–Crippen LogP) is 5.23. The van der Waals surface area contributed by atoms with E-state index in [2.05, 4.69) is 31.2 Å². The number of amides is 1. The van der Waals surface area contributed by atoms with E-state index in [4.69, 9.17) is 9.47 Å². The number of hydrogen-bond acceptors (Lipinski definition) is 3. The molecular weight excluding hydrogens is 364 g/mol. The Labute approximate surface area is 166 Å². The Balaban J connectivity index is 1.49. The number of likely N-dealkylation sites (tertiary alicyclic amines) is 1. The van der Waals surface area contributed by atoms with Crippen LogP contribution >= 0.6 is 0 Å². The molecule has 4 nitrogen and oxygen atoms in total. The number of carbonyl (C=O) groups is 1. The molecular formula is C22H31F2NO3. The van der Waals surface area contributed by atoms with Gasteiger partial charge in [-0.15, -0.1) is 0 Å². The van der Waals surface area contributed by atoms with Crippen LogP contribution < -0.4 is 0 Å². The van der Waals surface area contributed by atoms with Gasteiger partial charge in [0.05, 0.1) is 18.8 Å². The second kappa shape index (κ2) is 9.68. The van der Waals surface area contributed by atoms with E-state index in [1.54, 1.807) is 4.90 Å². The Morgan fingerprint density at radius 3 is 2.46 bits per heavy atom. The van der Waals surface area contributed by atoms with Gasteiger partial charge < -0.3 is 9.47 Å². The van der Waals surface area contributed by atoms with E-state index < -0.39 is 19.1 Å². The topological polar surface area (TPSA) is 38.8 Å². The summed E-state index contributed by atoms with van der Waals surface area (Å²) < 4.78 is 35.7. The van der Waals surface area contributed by atoms with Crippen molar-refractivity contribution in [1.82, 2.24) is 4.90 Å². The van der Waals surface area contributed by atoms with Gasteiger partial charge in [0.2, 0.25) is 0 Å². The Hall–Kier alpha value is -1.69. The highest BCUT2D eigenvalue weighted by Gasteiger charge is 2.41. The minimum Gasteiger partial charge on any atom is -0.443 e. The Kier molecular flexibility index (Phi) is 7.27. The molecule has 0 bridgehead atoms. The predicted molar refractivity (Wildman–Crippen MR) is 104 cm³/mol. The molecule has 0 spiro atoms. The van der Waals surface area contributed by atoms with Crippen LogP contribution in [0.4, 0.5) is 13.6 Å². The lowest BCUT2D eigenvalue weighted by Gasteiger charge is -2.33. The molecule has 0 N–H and O–H groups in total. The second-order valence-corrected chi connectivity index (χ2v) is 8.22. The largest absolute Gasteiger partial charge is 0.443 e. The van der Waals surface area contributed by atoms with E-state index in [9.17, 15) is 13.6 Å². The van der Waals surface area contributed by atoms with Crippen molar-refractivity contribution in [2.75, 3.05) is 13.2 Å². The van der Waals surface area contributed by atoms with Crippen LogP contribution in [0.3, 0.4) is 0 Å². The Morgan fingerprint density at radius 2 is 1.82 bits per heavy atom. The van der Waals surface area contributed by atoms with Crippen LogP contribution in [-0.2, 0) is 9.47 Å². The lowest BCUT2D eigenvalue weighted by Crippen LogP contribution is -2.45. The van der Waals surface area contributed by atoms with Crippen molar-refractivity contribution in [3.63, 3.8) is 0 Å². The number of ether oxygens (including phenoxy) is 2. The van der Waals surface area contributed by atoms with Crippen LogP contribution in [0.1, 0.15) is 57.4 Å². The molecule has 3 atom stereocenters. The fourth-order valence-corrected chi connectivity index (χ4v) is 4.70. The third kappa shape index (κ3) is 5.22. The molecule has 1 aromatic carbocycles. The van der Waals surface area contributed by atoms with Crippen molar-refractivity contribution in [3.8, 4) is 0 Å². The zero-order chi connectivity index (χ0) is 20.1. The molecule has 1 aromatic rings. The van der Waals surface area contributed by atoms with E-state index in [1.165, 1.54) is 5.56 Å². The number of benzene rings is 1. The maximum Gasteiger partial charge on any atom is 0.410 e. The molecule has 1 amide bonds. The van der Waals surface area contributed by atoms with E-state index in [-0.39, 0.29) is 24.1 Å². The number of hydrogen-bond donors (Lipinski definition) is 0. The van der Waals surface area contributed by atoms with Crippen molar-refractivity contribution < 1.29 is 23.0 Å². The maximum atomic E-state index is 12.4. The first-order valence-electron chi connectivity index (χ1n) is 10.4. The quantitative estimate of drug-likeness (QED) is 0.662. The molecule has 0 radical (unpaired) electrons. The van der Waals surface area contributed by atoms with Gasteiger partial charge in [0, 0.05) is 6.04 Å². The average molecular weight is 395 g/mol. The average Bonchev–Trinajstić information content (AvgIpc) is 2.98. The Bertz CT molecular complexity index is 619. The molecule has 6 heteroatoms. The summed E-state index contributed by atoms with van der Waals surface area (Å²) in [4.78, 5) is 13.9. The lowest BCUT2D eigenvalue weighted by molar-refractivity contribution is -0.0196. The SMILES string of the molecule is CC1C[C@@H](C)N(C(=O)OCC(F)F)[C@H]1COC1CCC(c2ccccc2)CC1. The van der Waals surface area contributed by atoms with Crippen molar-refractivity contribution in [2.45, 2.75) is 76.5 Å². The molecule has 1 saturated heterocycles. The van der Waals surface area contributed by atoms with E-state index in [0.29, 0.717) is 12.5 Å². The van der Waals surface area contributed by atoms with Gasteiger partial charge in [0.15, 0.2) is 6.61 Å². The van der Waals surface area contributed by atoms with Gasteiger partial charge in [-0.1, -0.05) is 37.3 Å². The van der Waals surface area contributed by atoms with E-state index >= 15 is 0 Å². The molecule has 1 aliphatic heterocycles. The smallest absolute Gasteiger partial charge is 0.410 e. The van der Waals surface area contributed by atoms with Crippen LogP contribution in [0.25, 0.3) is 0 Å². The third-order valence-electron chi connectivity index (χ3n) is 6.19. The monoisotopic (exact) mass is 395 g/mol. The van der Waals surface area contributed by atoms with Gasteiger partial charge in [-0.05, 0) is 56.4 Å². The van der Waals surface area contributed by atoms with Gasteiger partial charge in [-0.2, -0.15) is 0 Å². The summed E-state index contributed by atoms with van der Waals surface area (Å²) in [5.41, 5.74) is 1.40. The minimum atomic E-state index is -2.64. The van der Waals surface area contributed by atoms with Gasteiger partial charge in [-0.3, -0.25) is 4.90 Å². The van der Waals surface area contributed by atoms with Crippen LogP contribution in [0, 0.1) is 5.92 Å². The normalized spacial score (nSPS) is 30.6. The first kappa shape index (κ1) is 21.0. The highest BCUT2D eigenvalue weighted by atomic mass is 19.3. The number of carbonyl (C=O) groups excluding carboxylic acids is 1. The lowest BCUT2D eigenvalue weighted by atomic mass is 9.83. The number of rotatable bonds is 6. The van der Waals surface area contributed by atoms with Crippen LogP contribution in [0.15, 0.2) is 30.3 Å². The van der Waals surface area contributed by atoms with Gasteiger partial charge in [0.1, 0.15) is 0 Å². The van der Waals surface area contributed by atoms with Crippen LogP contribution in [0.5, 0.6) is 0 Å². The van der Waals surface area contributed by atoms with E-state index in [0.717, 1.165) is 32.1 Å². The fourth-order valence-electron chi connectivity index (χ4n) is 4.70. The zero-order valence-corrected chi connectivity index (χ0v) is 16.7. The third-order valence-corrected chi connectivity index (χ3v) is 6.19. The summed E-state index contributed by atoms with van der Waals surface area (Å²) >= 11 is 0. The molecule has 1 aliphatic carbocycles.